The smallest absolute Gasteiger partial charge is 0.131 e. The van der Waals surface area contributed by atoms with Crippen molar-refractivity contribution < 1.29 is 0 Å². The van der Waals surface area contributed by atoms with Crippen LogP contribution in [0.1, 0.15) is 23.5 Å². The highest BCUT2D eigenvalue weighted by atomic mass is 15.1. The van der Waals surface area contributed by atoms with Gasteiger partial charge in [0.25, 0.3) is 0 Å². The third kappa shape index (κ3) is 3.25. The van der Waals surface area contributed by atoms with Crippen molar-refractivity contribution in [2.24, 2.45) is 0 Å². The molecule has 0 aromatic carbocycles. The molecule has 5 nitrogen and oxygen atoms in total. The lowest BCUT2D eigenvalue weighted by atomic mass is 10.0. The Labute approximate surface area is 124 Å². The van der Waals surface area contributed by atoms with E-state index in [0.717, 1.165) is 37.3 Å². The molecule has 0 aliphatic carbocycles. The van der Waals surface area contributed by atoms with Crippen LogP contribution in [0.25, 0.3) is 5.57 Å². The van der Waals surface area contributed by atoms with Gasteiger partial charge in [-0.2, -0.15) is 0 Å². The van der Waals surface area contributed by atoms with Crippen molar-refractivity contribution in [3.63, 3.8) is 0 Å². The van der Waals surface area contributed by atoms with E-state index in [0.29, 0.717) is 11.6 Å². The molecule has 0 spiro atoms. The van der Waals surface area contributed by atoms with E-state index >= 15 is 0 Å². The Morgan fingerprint density at radius 2 is 2.19 bits per heavy atom. The molecule has 0 bridgehead atoms. The Morgan fingerprint density at radius 3 is 2.86 bits per heavy atom. The predicted molar refractivity (Wildman–Crippen MR) is 83.3 cm³/mol. The van der Waals surface area contributed by atoms with Crippen LogP contribution in [0, 0.1) is 6.92 Å². The lowest BCUT2D eigenvalue weighted by Crippen LogP contribution is -2.28. The number of nitrogen functional groups attached to an aromatic ring is 1. The van der Waals surface area contributed by atoms with Crippen LogP contribution in [0.4, 0.5) is 5.82 Å². The molecular weight excluding hydrogens is 262 g/mol. The summed E-state index contributed by atoms with van der Waals surface area (Å²) in [6, 6.07) is 6.03. The van der Waals surface area contributed by atoms with E-state index in [-0.39, 0.29) is 0 Å². The van der Waals surface area contributed by atoms with Crippen LogP contribution in [0.2, 0.25) is 0 Å². The first kappa shape index (κ1) is 13.7. The minimum Gasteiger partial charge on any atom is -0.383 e. The summed E-state index contributed by atoms with van der Waals surface area (Å²) in [5.41, 5.74) is 9.35. The summed E-state index contributed by atoms with van der Waals surface area (Å²) in [7, 11) is 0. The zero-order valence-electron chi connectivity index (χ0n) is 12.2. The number of hydrogen-bond acceptors (Lipinski definition) is 5. The van der Waals surface area contributed by atoms with Gasteiger partial charge in [0.05, 0.1) is 5.69 Å². The van der Waals surface area contributed by atoms with Crippen LogP contribution in [0.5, 0.6) is 0 Å². The summed E-state index contributed by atoms with van der Waals surface area (Å²) in [5, 5.41) is 0. The molecule has 3 heterocycles. The van der Waals surface area contributed by atoms with E-state index in [1.54, 1.807) is 0 Å². The van der Waals surface area contributed by atoms with Gasteiger partial charge in [-0.25, -0.2) is 9.97 Å². The van der Waals surface area contributed by atoms with Crippen LogP contribution >= 0.6 is 0 Å². The van der Waals surface area contributed by atoms with Crippen LogP contribution < -0.4 is 5.73 Å². The molecule has 0 saturated heterocycles. The lowest BCUT2D eigenvalue weighted by Gasteiger charge is -2.26. The summed E-state index contributed by atoms with van der Waals surface area (Å²) in [5.74, 6) is 1.30. The van der Waals surface area contributed by atoms with Crippen molar-refractivity contribution >= 4 is 11.4 Å². The highest BCUT2D eigenvalue weighted by Crippen LogP contribution is 2.22. The minimum atomic E-state index is 0.585. The first-order chi connectivity index (χ1) is 10.2. The lowest BCUT2D eigenvalue weighted by molar-refractivity contribution is 0.293. The molecule has 21 heavy (non-hydrogen) atoms. The molecule has 0 atom stereocenters. The molecular formula is C16H19N5. The second-order valence-electron chi connectivity index (χ2n) is 5.26. The van der Waals surface area contributed by atoms with Crippen LogP contribution in [0.15, 0.2) is 36.7 Å². The quantitative estimate of drug-likeness (QED) is 0.932. The molecule has 2 aromatic rings. The summed E-state index contributed by atoms with van der Waals surface area (Å²) in [6.07, 6.45) is 6.92. The zero-order valence-corrected chi connectivity index (χ0v) is 12.2. The van der Waals surface area contributed by atoms with Gasteiger partial charge in [-0.15, -0.1) is 0 Å². The number of aromatic nitrogens is 3. The number of rotatable bonds is 3. The molecule has 2 aromatic heterocycles. The summed E-state index contributed by atoms with van der Waals surface area (Å²) >= 11 is 0. The van der Waals surface area contributed by atoms with Gasteiger partial charge in [-0.3, -0.25) is 9.88 Å². The molecule has 0 unspecified atom stereocenters. The van der Waals surface area contributed by atoms with E-state index in [4.69, 9.17) is 5.73 Å². The Hall–Kier alpha value is -2.27. The molecule has 0 fully saturated rings. The molecule has 1 aliphatic rings. The zero-order chi connectivity index (χ0) is 14.7. The Kier molecular flexibility index (Phi) is 3.92. The Balaban J connectivity index is 1.67. The van der Waals surface area contributed by atoms with Gasteiger partial charge in [0, 0.05) is 37.6 Å². The second kappa shape index (κ2) is 6.01. The normalized spacial score (nSPS) is 15.8. The number of nitrogens with two attached hydrogens (primary N) is 1. The van der Waals surface area contributed by atoms with Crippen molar-refractivity contribution in [2.45, 2.75) is 19.9 Å². The maximum Gasteiger partial charge on any atom is 0.131 e. The molecule has 0 saturated carbocycles. The summed E-state index contributed by atoms with van der Waals surface area (Å²) in [6.45, 7) is 4.54. The molecule has 1 aliphatic heterocycles. The molecule has 5 heteroatoms. The summed E-state index contributed by atoms with van der Waals surface area (Å²) < 4.78 is 0. The average Bonchev–Trinajstić information content (AvgIpc) is 2.52. The highest BCUT2D eigenvalue weighted by molar-refractivity contribution is 5.63. The summed E-state index contributed by atoms with van der Waals surface area (Å²) in [4.78, 5) is 15.2. The largest absolute Gasteiger partial charge is 0.383 e. The fourth-order valence-electron chi connectivity index (χ4n) is 2.52. The van der Waals surface area contributed by atoms with Crippen LogP contribution in [0.3, 0.4) is 0 Å². The van der Waals surface area contributed by atoms with Gasteiger partial charge in [0.15, 0.2) is 0 Å². The maximum atomic E-state index is 5.95. The maximum absolute atomic E-state index is 5.95. The fraction of sp³-hybridized carbons (Fsp3) is 0.312. The fourth-order valence-corrected chi connectivity index (χ4v) is 2.52. The van der Waals surface area contributed by atoms with Crippen molar-refractivity contribution in [3.05, 3.63) is 53.8 Å². The molecule has 0 amide bonds. The van der Waals surface area contributed by atoms with E-state index in [1.165, 1.54) is 5.57 Å². The molecule has 108 valence electrons. The highest BCUT2D eigenvalue weighted by Gasteiger charge is 2.15. The Morgan fingerprint density at radius 1 is 1.29 bits per heavy atom. The third-order valence-corrected chi connectivity index (χ3v) is 3.70. The number of hydrogen-bond donors (Lipinski definition) is 1. The monoisotopic (exact) mass is 281 g/mol. The van der Waals surface area contributed by atoms with E-state index < -0.39 is 0 Å². The van der Waals surface area contributed by atoms with Crippen molar-refractivity contribution in [1.82, 2.24) is 19.9 Å². The van der Waals surface area contributed by atoms with Gasteiger partial charge < -0.3 is 5.73 Å². The van der Waals surface area contributed by atoms with E-state index in [2.05, 4.69) is 32.0 Å². The topological polar surface area (TPSA) is 67.9 Å². The second-order valence-corrected chi connectivity index (χ2v) is 5.26. The third-order valence-electron chi connectivity index (χ3n) is 3.70. The average molecular weight is 281 g/mol. The van der Waals surface area contributed by atoms with Gasteiger partial charge >= 0.3 is 0 Å². The van der Waals surface area contributed by atoms with Crippen molar-refractivity contribution in [3.8, 4) is 0 Å². The number of anilines is 1. The van der Waals surface area contributed by atoms with Gasteiger partial charge in [0.2, 0.25) is 0 Å². The first-order valence-electron chi connectivity index (χ1n) is 7.13. The number of pyridine rings is 1. The number of nitrogens with zero attached hydrogens (tertiary/aromatic N) is 4. The first-order valence-corrected chi connectivity index (χ1v) is 7.13. The standard InChI is InChI=1S/C16H19N5/c1-12-19-10-14(16(17)20-12)11-21-8-5-13(6-9-21)15-4-2-3-7-18-15/h2-5,7,10H,6,8-9,11H2,1H3,(H2,17,19,20). The van der Waals surface area contributed by atoms with Gasteiger partial charge in [-0.1, -0.05) is 12.1 Å². The minimum absolute atomic E-state index is 0.585. The SMILES string of the molecule is Cc1ncc(CN2CC=C(c3ccccn3)CC2)c(N)n1. The number of aryl methyl sites for hydroxylation is 1. The van der Waals surface area contributed by atoms with Crippen molar-refractivity contribution in [2.75, 3.05) is 18.8 Å². The van der Waals surface area contributed by atoms with Crippen LogP contribution in [-0.4, -0.2) is 32.9 Å². The van der Waals surface area contributed by atoms with Gasteiger partial charge in [-0.05, 0) is 31.1 Å². The molecule has 3 rings (SSSR count). The van der Waals surface area contributed by atoms with Gasteiger partial charge in [0.1, 0.15) is 11.6 Å². The molecule has 2 N–H and O–H groups in total. The van der Waals surface area contributed by atoms with Crippen molar-refractivity contribution in [1.29, 1.82) is 0 Å². The predicted octanol–water partition coefficient (Wildman–Crippen LogP) is 2.05. The van der Waals surface area contributed by atoms with Crippen LogP contribution in [-0.2, 0) is 6.54 Å². The van der Waals surface area contributed by atoms with E-state index in [9.17, 15) is 0 Å². The molecule has 0 radical (unpaired) electrons. The van der Waals surface area contributed by atoms with E-state index in [1.807, 2.05) is 31.5 Å². The Bertz CT molecular complexity index is 651.